The minimum Gasteiger partial charge on any atom is -0.439 e. The molecule has 0 amide bonds. The average Bonchev–Trinajstić information content (AvgIpc) is 2.97. The summed E-state index contributed by atoms with van der Waals surface area (Å²) >= 11 is 1.71. The Morgan fingerprint density at radius 2 is 2.21 bits per heavy atom. The van der Waals surface area contributed by atoms with Crippen molar-refractivity contribution in [1.82, 2.24) is 9.88 Å². The maximum Gasteiger partial charge on any atom is 0.209 e. The highest BCUT2D eigenvalue weighted by Crippen LogP contribution is 2.19. The molecule has 0 aliphatic heterocycles. The SMILES string of the molecule is CN(Cc1ccsc1)Cc1nc2cc(N)ccc2o1. The molecule has 0 unspecified atom stereocenters. The third kappa shape index (κ3) is 2.77. The minimum absolute atomic E-state index is 0.685. The Morgan fingerprint density at radius 3 is 3.00 bits per heavy atom. The predicted octanol–water partition coefficient (Wildman–Crippen LogP) is 3.10. The van der Waals surface area contributed by atoms with Crippen LogP contribution in [0.5, 0.6) is 0 Å². The van der Waals surface area contributed by atoms with E-state index in [1.165, 1.54) is 5.56 Å². The smallest absolute Gasteiger partial charge is 0.209 e. The highest BCUT2D eigenvalue weighted by Gasteiger charge is 2.09. The Kier molecular flexibility index (Phi) is 3.23. The maximum atomic E-state index is 5.73. The summed E-state index contributed by atoms with van der Waals surface area (Å²) in [5.41, 5.74) is 9.36. The number of thiophene rings is 1. The van der Waals surface area contributed by atoms with Gasteiger partial charge in [0.2, 0.25) is 5.89 Å². The van der Waals surface area contributed by atoms with Gasteiger partial charge in [0.25, 0.3) is 0 Å². The van der Waals surface area contributed by atoms with Crippen LogP contribution in [0.25, 0.3) is 11.1 Å². The van der Waals surface area contributed by atoms with Gasteiger partial charge in [0.15, 0.2) is 5.58 Å². The second-order valence-corrected chi connectivity index (χ2v) is 5.42. The summed E-state index contributed by atoms with van der Waals surface area (Å²) < 4.78 is 5.71. The number of hydrogen-bond donors (Lipinski definition) is 1. The topological polar surface area (TPSA) is 55.3 Å². The zero-order chi connectivity index (χ0) is 13.2. The van der Waals surface area contributed by atoms with Crippen LogP contribution in [0.15, 0.2) is 39.4 Å². The van der Waals surface area contributed by atoms with Crippen molar-refractivity contribution >= 4 is 28.1 Å². The van der Waals surface area contributed by atoms with Gasteiger partial charge in [0.1, 0.15) is 5.52 Å². The fourth-order valence-corrected chi connectivity index (χ4v) is 2.70. The van der Waals surface area contributed by atoms with Crippen LogP contribution >= 0.6 is 11.3 Å². The number of nitrogen functional groups attached to an aromatic ring is 1. The highest BCUT2D eigenvalue weighted by atomic mass is 32.1. The first-order valence-corrected chi connectivity index (χ1v) is 6.99. The van der Waals surface area contributed by atoms with E-state index in [-0.39, 0.29) is 0 Å². The summed E-state index contributed by atoms with van der Waals surface area (Å²) in [7, 11) is 2.06. The lowest BCUT2D eigenvalue weighted by Crippen LogP contribution is -2.16. The lowest BCUT2D eigenvalue weighted by Gasteiger charge is -2.12. The summed E-state index contributed by atoms with van der Waals surface area (Å²) in [4.78, 5) is 6.63. The highest BCUT2D eigenvalue weighted by molar-refractivity contribution is 7.07. The van der Waals surface area contributed by atoms with Crippen LogP contribution in [-0.4, -0.2) is 16.9 Å². The molecule has 0 aliphatic rings. The molecule has 98 valence electrons. The van der Waals surface area contributed by atoms with E-state index >= 15 is 0 Å². The molecular weight excluding hydrogens is 258 g/mol. The Labute approximate surface area is 115 Å². The van der Waals surface area contributed by atoms with E-state index in [4.69, 9.17) is 10.2 Å². The van der Waals surface area contributed by atoms with Crippen molar-refractivity contribution < 1.29 is 4.42 Å². The molecule has 0 atom stereocenters. The first-order chi connectivity index (χ1) is 9.20. The second kappa shape index (κ2) is 5.03. The number of nitrogens with zero attached hydrogens (tertiary/aromatic N) is 2. The molecule has 3 aromatic rings. The molecule has 0 saturated carbocycles. The van der Waals surface area contributed by atoms with Crippen LogP contribution in [0.3, 0.4) is 0 Å². The van der Waals surface area contributed by atoms with Crippen LogP contribution in [0, 0.1) is 0 Å². The van der Waals surface area contributed by atoms with Gasteiger partial charge in [-0.15, -0.1) is 0 Å². The van der Waals surface area contributed by atoms with Gasteiger partial charge in [0, 0.05) is 12.2 Å². The fourth-order valence-electron chi connectivity index (χ4n) is 2.04. The number of oxazole rings is 1. The molecule has 19 heavy (non-hydrogen) atoms. The zero-order valence-electron chi connectivity index (χ0n) is 10.7. The molecule has 2 N–H and O–H groups in total. The molecule has 1 aromatic carbocycles. The van der Waals surface area contributed by atoms with E-state index in [1.807, 2.05) is 18.2 Å². The van der Waals surface area contributed by atoms with Crippen LogP contribution in [0.4, 0.5) is 5.69 Å². The monoisotopic (exact) mass is 273 g/mol. The van der Waals surface area contributed by atoms with Crippen molar-refractivity contribution in [2.75, 3.05) is 12.8 Å². The molecular formula is C14H15N3OS. The fraction of sp³-hybridized carbons (Fsp3) is 0.214. The summed E-state index contributed by atoms with van der Waals surface area (Å²) in [5.74, 6) is 0.721. The van der Waals surface area contributed by atoms with Gasteiger partial charge in [-0.1, -0.05) is 0 Å². The predicted molar refractivity (Wildman–Crippen MR) is 77.9 cm³/mol. The maximum absolute atomic E-state index is 5.73. The standard InChI is InChI=1S/C14H15N3OS/c1-17(7-10-4-5-19-9-10)8-14-16-12-6-11(15)2-3-13(12)18-14/h2-6,9H,7-8,15H2,1H3. The molecule has 0 bridgehead atoms. The van der Waals surface area contributed by atoms with Crippen LogP contribution < -0.4 is 5.73 Å². The number of benzene rings is 1. The van der Waals surface area contributed by atoms with Crippen molar-refractivity contribution in [2.45, 2.75) is 13.1 Å². The van der Waals surface area contributed by atoms with Crippen molar-refractivity contribution in [3.63, 3.8) is 0 Å². The van der Waals surface area contributed by atoms with Crippen molar-refractivity contribution in [3.05, 3.63) is 46.5 Å². The van der Waals surface area contributed by atoms with Gasteiger partial charge in [-0.2, -0.15) is 11.3 Å². The van der Waals surface area contributed by atoms with Crippen molar-refractivity contribution in [2.24, 2.45) is 0 Å². The summed E-state index contributed by atoms with van der Waals surface area (Å²) in [6.45, 7) is 1.58. The van der Waals surface area contributed by atoms with Crippen molar-refractivity contribution in [3.8, 4) is 0 Å². The number of fused-ring (bicyclic) bond motifs is 1. The van der Waals surface area contributed by atoms with E-state index in [1.54, 1.807) is 11.3 Å². The van der Waals surface area contributed by atoms with Crippen molar-refractivity contribution in [1.29, 1.82) is 0 Å². The molecule has 0 aliphatic carbocycles. The first kappa shape index (κ1) is 12.2. The molecule has 0 fully saturated rings. The third-order valence-corrected chi connectivity index (χ3v) is 3.63. The summed E-state index contributed by atoms with van der Waals surface area (Å²) in [6.07, 6.45) is 0. The molecule has 2 heterocycles. The van der Waals surface area contributed by atoms with Crippen LogP contribution in [0.1, 0.15) is 11.5 Å². The van der Waals surface area contributed by atoms with E-state index < -0.39 is 0 Å². The van der Waals surface area contributed by atoms with Crippen LogP contribution in [0.2, 0.25) is 0 Å². The minimum atomic E-state index is 0.685. The molecule has 0 saturated heterocycles. The normalized spacial score (nSPS) is 11.5. The number of rotatable bonds is 4. The molecule has 0 spiro atoms. The first-order valence-electron chi connectivity index (χ1n) is 6.05. The lowest BCUT2D eigenvalue weighted by molar-refractivity contribution is 0.285. The Bertz CT molecular complexity index is 675. The summed E-state index contributed by atoms with van der Waals surface area (Å²) in [6, 6.07) is 7.65. The zero-order valence-corrected chi connectivity index (χ0v) is 11.5. The largest absolute Gasteiger partial charge is 0.439 e. The van der Waals surface area contributed by atoms with Crippen LogP contribution in [-0.2, 0) is 13.1 Å². The Balaban J connectivity index is 1.74. The average molecular weight is 273 g/mol. The number of aromatic nitrogens is 1. The number of anilines is 1. The molecule has 3 rings (SSSR count). The van der Waals surface area contributed by atoms with Gasteiger partial charge < -0.3 is 10.2 Å². The van der Waals surface area contributed by atoms with E-state index in [0.29, 0.717) is 12.2 Å². The molecule has 5 heteroatoms. The molecule has 2 aromatic heterocycles. The number of nitrogens with two attached hydrogens (primary N) is 1. The van der Waals surface area contributed by atoms with Gasteiger partial charge in [-0.25, -0.2) is 4.98 Å². The quantitative estimate of drug-likeness (QED) is 0.742. The number of hydrogen-bond acceptors (Lipinski definition) is 5. The van der Waals surface area contributed by atoms with E-state index in [2.05, 4.69) is 33.8 Å². The van der Waals surface area contributed by atoms with Gasteiger partial charge in [0.05, 0.1) is 6.54 Å². The van der Waals surface area contributed by atoms with E-state index in [9.17, 15) is 0 Å². The molecule has 4 nitrogen and oxygen atoms in total. The lowest BCUT2D eigenvalue weighted by atomic mass is 10.3. The summed E-state index contributed by atoms with van der Waals surface area (Å²) in [5, 5.41) is 4.24. The van der Waals surface area contributed by atoms with E-state index in [0.717, 1.165) is 23.5 Å². The second-order valence-electron chi connectivity index (χ2n) is 4.64. The van der Waals surface area contributed by atoms with Gasteiger partial charge in [-0.05, 0) is 47.6 Å². The molecule has 0 radical (unpaired) electrons. The van der Waals surface area contributed by atoms with Gasteiger partial charge >= 0.3 is 0 Å². The Morgan fingerprint density at radius 1 is 1.32 bits per heavy atom. The third-order valence-electron chi connectivity index (χ3n) is 2.89. The Hall–Kier alpha value is -1.85. The van der Waals surface area contributed by atoms with Gasteiger partial charge in [-0.3, -0.25) is 4.90 Å².